The number of nitrogens with two attached hydrogens (primary N) is 1. The molecular formula is C17H28FN3. The quantitative estimate of drug-likeness (QED) is 0.905. The number of halogens is 1. The third kappa shape index (κ3) is 3.62. The van der Waals surface area contributed by atoms with Crippen LogP contribution in [0.15, 0.2) is 24.3 Å². The van der Waals surface area contributed by atoms with Crippen LogP contribution in [0.25, 0.3) is 0 Å². The van der Waals surface area contributed by atoms with Crippen LogP contribution < -0.4 is 5.73 Å². The Labute approximate surface area is 127 Å². The zero-order chi connectivity index (χ0) is 15.5. The van der Waals surface area contributed by atoms with E-state index in [9.17, 15) is 4.39 Å². The summed E-state index contributed by atoms with van der Waals surface area (Å²) in [5.41, 5.74) is 6.84. The molecule has 0 amide bonds. The van der Waals surface area contributed by atoms with Crippen molar-refractivity contribution in [3.8, 4) is 0 Å². The number of nitrogens with zero attached hydrogens (tertiary/aromatic N) is 2. The number of hydrogen-bond acceptors (Lipinski definition) is 3. The van der Waals surface area contributed by atoms with E-state index in [-0.39, 0.29) is 11.4 Å². The highest BCUT2D eigenvalue weighted by Crippen LogP contribution is 2.29. The molecule has 2 N–H and O–H groups in total. The molecule has 0 saturated carbocycles. The van der Waals surface area contributed by atoms with Crippen molar-refractivity contribution in [3.63, 3.8) is 0 Å². The maximum absolute atomic E-state index is 13.8. The summed E-state index contributed by atoms with van der Waals surface area (Å²) < 4.78 is 13.8. The molecule has 1 heterocycles. The minimum atomic E-state index is -0.129. The summed E-state index contributed by atoms with van der Waals surface area (Å²) in [4.78, 5) is 4.74. The molecule has 3 nitrogen and oxygen atoms in total. The number of likely N-dealkylation sites (N-methyl/N-ethyl adjacent to an activating group) is 1. The van der Waals surface area contributed by atoms with Crippen LogP contribution in [0.5, 0.6) is 0 Å². The smallest absolute Gasteiger partial charge is 0.127 e. The highest BCUT2D eigenvalue weighted by molar-refractivity contribution is 5.17. The predicted octanol–water partition coefficient (Wildman–Crippen LogP) is 2.46. The number of piperidine rings is 1. The monoisotopic (exact) mass is 293 g/mol. The molecule has 1 aromatic carbocycles. The van der Waals surface area contributed by atoms with E-state index < -0.39 is 0 Å². The molecule has 1 fully saturated rings. The van der Waals surface area contributed by atoms with Gasteiger partial charge in [0.1, 0.15) is 5.82 Å². The molecule has 118 valence electrons. The Morgan fingerprint density at radius 1 is 1.29 bits per heavy atom. The zero-order valence-corrected chi connectivity index (χ0v) is 13.5. The average Bonchev–Trinajstić information content (AvgIpc) is 2.49. The van der Waals surface area contributed by atoms with Crippen molar-refractivity contribution in [2.45, 2.75) is 44.8 Å². The number of hydrogen-bond donors (Lipinski definition) is 1. The van der Waals surface area contributed by atoms with Crippen LogP contribution in [-0.2, 0) is 6.54 Å². The second kappa shape index (κ2) is 6.86. The third-order valence-electron chi connectivity index (χ3n) is 5.01. The van der Waals surface area contributed by atoms with Gasteiger partial charge >= 0.3 is 0 Å². The first-order chi connectivity index (χ1) is 9.98. The molecule has 2 rings (SSSR count). The van der Waals surface area contributed by atoms with Gasteiger partial charge in [-0.1, -0.05) is 18.2 Å². The average molecular weight is 293 g/mol. The molecule has 0 spiro atoms. The predicted molar refractivity (Wildman–Crippen MR) is 85.6 cm³/mol. The van der Waals surface area contributed by atoms with E-state index in [0.29, 0.717) is 19.1 Å². The summed E-state index contributed by atoms with van der Waals surface area (Å²) in [6, 6.07) is 7.60. The lowest BCUT2D eigenvalue weighted by Gasteiger charge is -2.48. The normalized spacial score (nSPS) is 19.4. The lowest BCUT2D eigenvalue weighted by Crippen LogP contribution is -2.58. The summed E-state index contributed by atoms with van der Waals surface area (Å²) in [5.74, 6) is -0.129. The largest absolute Gasteiger partial charge is 0.329 e. The molecule has 0 aliphatic carbocycles. The van der Waals surface area contributed by atoms with Gasteiger partial charge in [0.15, 0.2) is 0 Å². The molecule has 0 bridgehead atoms. The first-order valence-electron chi connectivity index (χ1n) is 7.87. The molecular weight excluding hydrogens is 265 g/mol. The van der Waals surface area contributed by atoms with Crippen molar-refractivity contribution >= 4 is 0 Å². The van der Waals surface area contributed by atoms with Crippen molar-refractivity contribution in [1.29, 1.82) is 0 Å². The van der Waals surface area contributed by atoms with Gasteiger partial charge in [0, 0.05) is 43.3 Å². The Morgan fingerprint density at radius 2 is 1.90 bits per heavy atom. The van der Waals surface area contributed by atoms with Crippen LogP contribution in [0.2, 0.25) is 0 Å². The first-order valence-corrected chi connectivity index (χ1v) is 7.87. The summed E-state index contributed by atoms with van der Waals surface area (Å²) in [5, 5.41) is 0. The van der Waals surface area contributed by atoms with E-state index in [0.717, 1.165) is 31.5 Å². The van der Waals surface area contributed by atoms with E-state index in [1.54, 1.807) is 6.07 Å². The van der Waals surface area contributed by atoms with Gasteiger partial charge in [-0.3, -0.25) is 4.90 Å². The Hall–Kier alpha value is -0.970. The first kappa shape index (κ1) is 16.4. The van der Waals surface area contributed by atoms with E-state index in [4.69, 9.17) is 5.73 Å². The maximum Gasteiger partial charge on any atom is 0.127 e. The van der Waals surface area contributed by atoms with E-state index >= 15 is 0 Å². The van der Waals surface area contributed by atoms with E-state index in [2.05, 4.69) is 30.7 Å². The van der Waals surface area contributed by atoms with Crippen LogP contribution in [0.4, 0.5) is 4.39 Å². The van der Waals surface area contributed by atoms with Crippen molar-refractivity contribution < 1.29 is 4.39 Å². The van der Waals surface area contributed by atoms with Crippen LogP contribution in [0.1, 0.15) is 32.3 Å². The Bertz CT molecular complexity index is 453. The fourth-order valence-corrected chi connectivity index (χ4v) is 3.25. The van der Waals surface area contributed by atoms with Crippen LogP contribution >= 0.6 is 0 Å². The summed E-state index contributed by atoms with van der Waals surface area (Å²) >= 11 is 0. The molecule has 0 aromatic heterocycles. The summed E-state index contributed by atoms with van der Waals surface area (Å²) in [7, 11) is 2.07. The number of rotatable bonds is 5. The van der Waals surface area contributed by atoms with Crippen molar-refractivity contribution in [2.75, 3.05) is 26.7 Å². The molecule has 4 heteroatoms. The van der Waals surface area contributed by atoms with Crippen LogP contribution in [0.3, 0.4) is 0 Å². The lowest BCUT2D eigenvalue weighted by atomic mass is 9.85. The highest BCUT2D eigenvalue weighted by atomic mass is 19.1. The van der Waals surface area contributed by atoms with Crippen LogP contribution in [-0.4, -0.2) is 48.1 Å². The van der Waals surface area contributed by atoms with Gasteiger partial charge in [-0.2, -0.15) is 0 Å². The van der Waals surface area contributed by atoms with E-state index in [1.807, 2.05) is 12.1 Å². The van der Waals surface area contributed by atoms with Gasteiger partial charge in [-0.15, -0.1) is 0 Å². The molecule has 21 heavy (non-hydrogen) atoms. The molecule has 1 aliphatic heterocycles. The van der Waals surface area contributed by atoms with Gasteiger partial charge in [0.2, 0.25) is 0 Å². The van der Waals surface area contributed by atoms with Crippen molar-refractivity contribution in [2.24, 2.45) is 5.73 Å². The third-order valence-corrected chi connectivity index (χ3v) is 5.01. The maximum atomic E-state index is 13.8. The Morgan fingerprint density at radius 3 is 2.43 bits per heavy atom. The second-order valence-electron chi connectivity index (χ2n) is 6.51. The Balaban J connectivity index is 2.06. The van der Waals surface area contributed by atoms with Gasteiger partial charge in [-0.25, -0.2) is 4.39 Å². The van der Waals surface area contributed by atoms with Gasteiger partial charge < -0.3 is 10.6 Å². The summed E-state index contributed by atoms with van der Waals surface area (Å²) in [6.07, 6.45) is 2.10. The minimum absolute atomic E-state index is 0.00628. The summed E-state index contributed by atoms with van der Waals surface area (Å²) in [6.45, 7) is 7.85. The lowest BCUT2D eigenvalue weighted by molar-refractivity contribution is 0.0292. The second-order valence-corrected chi connectivity index (χ2v) is 6.51. The van der Waals surface area contributed by atoms with Crippen molar-refractivity contribution in [1.82, 2.24) is 9.80 Å². The van der Waals surface area contributed by atoms with Gasteiger partial charge in [0.25, 0.3) is 0 Å². The number of likely N-dealkylation sites (tertiary alicyclic amines) is 1. The SMILES string of the molecule is CC(C)N1CCC(CN)(N(C)Cc2ccccc2F)CC1. The molecule has 1 aliphatic rings. The topological polar surface area (TPSA) is 32.5 Å². The molecule has 0 atom stereocenters. The molecule has 0 radical (unpaired) electrons. The van der Waals surface area contributed by atoms with E-state index in [1.165, 1.54) is 6.07 Å². The fourth-order valence-electron chi connectivity index (χ4n) is 3.25. The van der Waals surface area contributed by atoms with Crippen molar-refractivity contribution in [3.05, 3.63) is 35.6 Å². The standard InChI is InChI=1S/C17H28FN3/c1-14(2)21-10-8-17(13-19,9-11-21)20(3)12-15-6-4-5-7-16(15)18/h4-7,14H,8-13,19H2,1-3H3. The Kier molecular flexibility index (Phi) is 5.36. The number of benzene rings is 1. The van der Waals surface area contributed by atoms with Crippen LogP contribution in [0, 0.1) is 5.82 Å². The minimum Gasteiger partial charge on any atom is -0.329 e. The fraction of sp³-hybridized carbons (Fsp3) is 0.647. The van der Waals surface area contributed by atoms with Gasteiger partial charge in [-0.05, 0) is 39.8 Å². The highest BCUT2D eigenvalue weighted by Gasteiger charge is 2.37. The zero-order valence-electron chi connectivity index (χ0n) is 13.5. The molecule has 1 aromatic rings. The van der Waals surface area contributed by atoms with Gasteiger partial charge in [0.05, 0.1) is 0 Å². The molecule has 1 saturated heterocycles. The molecule has 0 unspecified atom stereocenters.